The summed E-state index contributed by atoms with van der Waals surface area (Å²) in [5.74, 6) is 3.10. The summed E-state index contributed by atoms with van der Waals surface area (Å²) in [7, 11) is 0. The molecule has 2 aromatic carbocycles. The Hall–Kier alpha value is -3.02. The van der Waals surface area contributed by atoms with Gasteiger partial charge < -0.3 is 18.9 Å². The quantitative estimate of drug-likeness (QED) is 0.674. The Morgan fingerprint density at radius 3 is 1.48 bits per heavy atom. The van der Waals surface area contributed by atoms with Gasteiger partial charge in [0.15, 0.2) is 0 Å². The lowest BCUT2D eigenvalue weighted by atomic mass is 10.2. The maximum absolute atomic E-state index is 5.76. The van der Waals surface area contributed by atoms with Crippen molar-refractivity contribution in [3.05, 3.63) is 59.7 Å². The first-order valence-electron chi connectivity index (χ1n) is 9.19. The minimum absolute atomic E-state index is 0.597. The van der Waals surface area contributed by atoms with Gasteiger partial charge in [-0.25, -0.2) is 9.98 Å². The second kappa shape index (κ2) is 8.58. The van der Waals surface area contributed by atoms with E-state index in [2.05, 4.69) is 9.98 Å². The molecule has 0 saturated carbocycles. The molecule has 140 valence electrons. The van der Waals surface area contributed by atoms with Crippen LogP contribution in [0, 0.1) is 0 Å². The molecule has 0 N–H and O–H groups in total. The first-order chi connectivity index (χ1) is 13.4. The molecule has 0 bridgehead atoms. The van der Waals surface area contributed by atoms with Crippen LogP contribution in [0.2, 0.25) is 0 Å². The Balaban J connectivity index is 1.17. The normalized spacial score (nSPS) is 15.6. The third kappa shape index (κ3) is 4.58. The zero-order valence-electron chi connectivity index (χ0n) is 15.1. The maximum Gasteiger partial charge on any atom is 0.216 e. The van der Waals surface area contributed by atoms with Gasteiger partial charge >= 0.3 is 0 Å². The van der Waals surface area contributed by atoms with Crippen LogP contribution in [-0.4, -0.2) is 51.3 Å². The average Bonchev–Trinajstić information content (AvgIpc) is 3.43. The van der Waals surface area contributed by atoms with Crippen molar-refractivity contribution in [1.29, 1.82) is 0 Å². The predicted octanol–water partition coefficient (Wildman–Crippen LogP) is 3.09. The molecule has 27 heavy (non-hydrogen) atoms. The molecule has 0 amide bonds. The molecule has 0 aromatic heterocycles. The number of aliphatic imine (C=N–C) groups is 2. The van der Waals surface area contributed by atoms with Crippen molar-refractivity contribution in [3.8, 4) is 11.5 Å². The van der Waals surface area contributed by atoms with E-state index in [1.807, 2.05) is 48.5 Å². The SMILES string of the molecule is c1cc(C2=NCCO2)ccc1OCCCOc1ccc(C2=NCCO2)cc1. The zero-order chi connectivity index (χ0) is 18.3. The van der Waals surface area contributed by atoms with Crippen LogP contribution in [0.3, 0.4) is 0 Å². The molecule has 6 heteroatoms. The van der Waals surface area contributed by atoms with Gasteiger partial charge in [-0.3, -0.25) is 0 Å². The lowest BCUT2D eigenvalue weighted by Gasteiger charge is -2.09. The van der Waals surface area contributed by atoms with Gasteiger partial charge in [0.25, 0.3) is 0 Å². The van der Waals surface area contributed by atoms with Gasteiger partial charge in [-0.1, -0.05) is 0 Å². The summed E-state index contributed by atoms with van der Waals surface area (Å²) in [5, 5.41) is 0. The van der Waals surface area contributed by atoms with Crippen molar-refractivity contribution < 1.29 is 18.9 Å². The monoisotopic (exact) mass is 366 g/mol. The Morgan fingerprint density at radius 1 is 0.667 bits per heavy atom. The van der Waals surface area contributed by atoms with Crippen molar-refractivity contribution in [2.24, 2.45) is 9.98 Å². The van der Waals surface area contributed by atoms with E-state index in [0.29, 0.717) is 38.2 Å². The van der Waals surface area contributed by atoms with Crippen LogP contribution >= 0.6 is 0 Å². The molecule has 2 aliphatic heterocycles. The van der Waals surface area contributed by atoms with Crippen molar-refractivity contribution in [2.45, 2.75) is 6.42 Å². The molecule has 0 radical (unpaired) electrons. The zero-order valence-corrected chi connectivity index (χ0v) is 15.1. The van der Waals surface area contributed by atoms with E-state index in [9.17, 15) is 0 Å². The van der Waals surface area contributed by atoms with Gasteiger partial charge in [0.05, 0.1) is 26.3 Å². The fourth-order valence-electron chi connectivity index (χ4n) is 2.85. The second-order valence-electron chi connectivity index (χ2n) is 6.17. The number of rotatable bonds is 8. The third-order valence-electron chi connectivity index (χ3n) is 4.20. The first kappa shape index (κ1) is 17.4. The fraction of sp³-hybridized carbons (Fsp3) is 0.333. The van der Waals surface area contributed by atoms with E-state index in [1.54, 1.807) is 0 Å². The predicted molar refractivity (Wildman–Crippen MR) is 103 cm³/mol. The number of ether oxygens (including phenoxy) is 4. The topological polar surface area (TPSA) is 61.6 Å². The third-order valence-corrected chi connectivity index (χ3v) is 4.20. The highest BCUT2D eigenvalue weighted by Gasteiger charge is 2.10. The smallest absolute Gasteiger partial charge is 0.216 e. The maximum atomic E-state index is 5.76. The Bertz CT molecular complexity index is 744. The lowest BCUT2D eigenvalue weighted by molar-refractivity contribution is 0.247. The van der Waals surface area contributed by atoms with E-state index >= 15 is 0 Å². The summed E-state index contributed by atoms with van der Waals surface area (Å²) in [6.07, 6.45) is 0.801. The van der Waals surface area contributed by atoms with E-state index in [0.717, 1.165) is 42.1 Å². The first-order valence-corrected chi connectivity index (χ1v) is 9.19. The van der Waals surface area contributed by atoms with Gasteiger partial charge in [-0.15, -0.1) is 0 Å². The Morgan fingerprint density at radius 2 is 1.11 bits per heavy atom. The highest BCUT2D eigenvalue weighted by atomic mass is 16.5. The number of nitrogens with zero attached hydrogens (tertiary/aromatic N) is 2. The van der Waals surface area contributed by atoms with Crippen molar-refractivity contribution >= 4 is 11.8 Å². The highest BCUT2D eigenvalue weighted by Crippen LogP contribution is 2.16. The molecule has 0 unspecified atom stereocenters. The average molecular weight is 366 g/mol. The lowest BCUT2D eigenvalue weighted by Crippen LogP contribution is -2.06. The molecular weight excluding hydrogens is 344 g/mol. The molecule has 2 aromatic rings. The minimum Gasteiger partial charge on any atom is -0.493 e. The number of hydrogen-bond acceptors (Lipinski definition) is 6. The number of benzene rings is 2. The summed E-state index contributed by atoms with van der Waals surface area (Å²) < 4.78 is 22.4. The van der Waals surface area contributed by atoms with Crippen LogP contribution in [-0.2, 0) is 9.47 Å². The van der Waals surface area contributed by atoms with Gasteiger partial charge in [0, 0.05) is 17.5 Å². The Kier molecular flexibility index (Phi) is 5.53. The summed E-state index contributed by atoms with van der Waals surface area (Å²) in [6, 6.07) is 15.6. The van der Waals surface area contributed by atoms with Crippen molar-refractivity contribution in [1.82, 2.24) is 0 Å². The van der Waals surface area contributed by atoms with E-state index < -0.39 is 0 Å². The molecule has 0 atom stereocenters. The van der Waals surface area contributed by atoms with Crippen LogP contribution in [0.4, 0.5) is 0 Å². The summed E-state index contributed by atoms with van der Waals surface area (Å²) in [5.41, 5.74) is 1.97. The molecule has 0 spiro atoms. The standard InChI is InChI=1S/C21H22N2O4/c1(12-24-18-6-2-16(3-7-18)20-22-10-14-26-20)13-25-19-8-4-17(5-9-19)21-23-11-15-27-21/h2-9H,1,10-15H2. The molecular formula is C21H22N2O4. The fourth-order valence-corrected chi connectivity index (χ4v) is 2.85. The van der Waals surface area contributed by atoms with Crippen molar-refractivity contribution in [3.63, 3.8) is 0 Å². The molecule has 2 heterocycles. The van der Waals surface area contributed by atoms with Gasteiger partial charge in [-0.05, 0) is 48.5 Å². The van der Waals surface area contributed by atoms with Crippen LogP contribution in [0.15, 0.2) is 58.5 Å². The largest absolute Gasteiger partial charge is 0.493 e. The van der Waals surface area contributed by atoms with Gasteiger partial charge in [0.1, 0.15) is 24.7 Å². The van der Waals surface area contributed by atoms with Crippen LogP contribution in [0.1, 0.15) is 17.5 Å². The molecule has 0 fully saturated rings. The van der Waals surface area contributed by atoms with Gasteiger partial charge in [0.2, 0.25) is 11.8 Å². The Labute approximate surface area is 158 Å². The van der Waals surface area contributed by atoms with E-state index in [4.69, 9.17) is 18.9 Å². The summed E-state index contributed by atoms with van der Waals surface area (Å²) in [4.78, 5) is 8.60. The summed E-state index contributed by atoms with van der Waals surface area (Å²) in [6.45, 7) is 3.99. The van der Waals surface area contributed by atoms with Crippen LogP contribution in [0.5, 0.6) is 11.5 Å². The molecule has 0 saturated heterocycles. The molecule has 6 nitrogen and oxygen atoms in total. The number of hydrogen-bond donors (Lipinski definition) is 0. The second-order valence-corrected chi connectivity index (χ2v) is 6.17. The van der Waals surface area contributed by atoms with E-state index in [-0.39, 0.29) is 0 Å². The van der Waals surface area contributed by atoms with Crippen molar-refractivity contribution in [2.75, 3.05) is 39.5 Å². The molecule has 4 rings (SSSR count). The summed E-state index contributed by atoms with van der Waals surface area (Å²) >= 11 is 0. The van der Waals surface area contributed by atoms with E-state index in [1.165, 1.54) is 0 Å². The van der Waals surface area contributed by atoms with Crippen LogP contribution < -0.4 is 9.47 Å². The molecule has 2 aliphatic rings. The van der Waals surface area contributed by atoms with Gasteiger partial charge in [-0.2, -0.15) is 0 Å². The molecule has 0 aliphatic carbocycles. The minimum atomic E-state index is 0.597. The highest BCUT2D eigenvalue weighted by molar-refractivity contribution is 5.95. The van der Waals surface area contributed by atoms with Crippen LogP contribution in [0.25, 0.3) is 0 Å².